The molecule has 2 heteroatoms. The molecule has 2 aromatic rings. The Labute approximate surface area is 166 Å². The third-order valence-electron chi connectivity index (χ3n) is 5.74. The van der Waals surface area contributed by atoms with Gasteiger partial charge in [-0.05, 0) is 28.2 Å². The Morgan fingerprint density at radius 1 is 0.840 bits per heavy atom. The van der Waals surface area contributed by atoms with Crippen molar-refractivity contribution in [2.24, 2.45) is 5.92 Å². The normalized spacial score (nSPS) is 21.3. The molecule has 2 atom stereocenters. The Kier molecular flexibility index (Phi) is 6.23. The van der Waals surface area contributed by atoms with Crippen LogP contribution in [0.15, 0.2) is 60.7 Å². The summed E-state index contributed by atoms with van der Waals surface area (Å²) in [5.41, 5.74) is 5.95. The molecule has 0 N–H and O–H groups in total. The quantitative estimate of drug-likeness (QED) is 0.514. The van der Waals surface area contributed by atoms with Gasteiger partial charge in [-0.3, -0.25) is 0 Å². The summed E-state index contributed by atoms with van der Waals surface area (Å²) in [6.07, 6.45) is 11.0. The predicted octanol–water partition coefficient (Wildman–Crippen LogP) is 4.99. The first-order valence-electron chi connectivity index (χ1n) is 9.42. The zero-order valence-corrected chi connectivity index (χ0v) is 15.9. The van der Waals surface area contributed by atoms with Crippen molar-refractivity contribution in [2.45, 2.75) is 37.3 Å². The van der Waals surface area contributed by atoms with E-state index in [1.807, 2.05) is 0 Å². The molecule has 25 heavy (non-hydrogen) atoms. The second-order valence-electron chi connectivity index (χ2n) is 7.19. The molecular formula is C23H27LiSi. The van der Waals surface area contributed by atoms with Crippen molar-refractivity contribution in [2.75, 3.05) is 0 Å². The number of hydrogen-bond acceptors (Lipinski definition) is 0. The predicted molar refractivity (Wildman–Crippen MR) is 116 cm³/mol. The molecule has 2 aromatic carbocycles. The van der Waals surface area contributed by atoms with Crippen LogP contribution in [0, 0.1) is 5.92 Å². The van der Waals surface area contributed by atoms with Crippen LogP contribution in [-0.2, 0) is 0 Å². The van der Waals surface area contributed by atoms with Gasteiger partial charge in [-0.25, -0.2) is 0 Å². The van der Waals surface area contributed by atoms with E-state index in [4.69, 9.17) is 0 Å². The fourth-order valence-corrected chi connectivity index (χ4v) is 6.49. The van der Waals surface area contributed by atoms with Crippen molar-refractivity contribution in [1.82, 2.24) is 0 Å². The molecule has 0 nitrogen and oxygen atoms in total. The average molecular weight is 338 g/mol. The van der Waals surface area contributed by atoms with Gasteiger partial charge in [0.2, 0.25) is 0 Å². The van der Waals surface area contributed by atoms with Gasteiger partial charge in [-0.15, -0.1) is 0 Å². The molecule has 0 radical (unpaired) electrons. The summed E-state index contributed by atoms with van der Waals surface area (Å²) in [7, 11) is 0.0284. The molecule has 2 unspecified atom stereocenters. The van der Waals surface area contributed by atoms with Crippen molar-refractivity contribution in [1.29, 1.82) is 0 Å². The Bertz CT molecular complexity index is 716. The minimum absolute atomic E-state index is 0. The van der Waals surface area contributed by atoms with Gasteiger partial charge in [-0.2, -0.15) is 0 Å². The van der Waals surface area contributed by atoms with Gasteiger partial charge in [-0.1, -0.05) is 98.3 Å². The van der Waals surface area contributed by atoms with Crippen LogP contribution in [0.2, 0.25) is 12.1 Å². The van der Waals surface area contributed by atoms with Gasteiger partial charge in [0.15, 0.2) is 0 Å². The molecule has 0 saturated carbocycles. The van der Waals surface area contributed by atoms with Gasteiger partial charge < -0.3 is 0 Å². The van der Waals surface area contributed by atoms with Crippen molar-refractivity contribution in [3.63, 3.8) is 0 Å². The number of allylic oxidation sites excluding steroid dienone is 2. The Morgan fingerprint density at radius 2 is 1.36 bits per heavy atom. The van der Waals surface area contributed by atoms with Crippen LogP contribution in [0.1, 0.15) is 47.4 Å². The molecule has 4 rings (SSSR count). The van der Waals surface area contributed by atoms with E-state index in [0.717, 1.165) is 5.92 Å². The van der Waals surface area contributed by atoms with Crippen molar-refractivity contribution in [3.8, 4) is 0 Å². The van der Waals surface area contributed by atoms with Crippen LogP contribution in [0.4, 0.5) is 0 Å². The first kappa shape index (κ1) is 18.5. The monoisotopic (exact) mass is 338 g/mol. The number of rotatable bonds is 6. The van der Waals surface area contributed by atoms with Gasteiger partial charge in [0.1, 0.15) is 0 Å². The van der Waals surface area contributed by atoms with Gasteiger partial charge in [0.25, 0.3) is 0 Å². The molecule has 0 saturated heterocycles. The van der Waals surface area contributed by atoms with Gasteiger partial charge >= 0.3 is 18.9 Å². The van der Waals surface area contributed by atoms with Crippen molar-refractivity contribution in [3.05, 3.63) is 82.9 Å². The third kappa shape index (κ3) is 3.65. The van der Waals surface area contributed by atoms with Crippen molar-refractivity contribution >= 4 is 40.5 Å². The van der Waals surface area contributed by atoms with E-state index in [0.29, 0.717) is 11.8 Å². The number of hydrogen-bond donors (Lipinski definition) is 0. The Hall–Kier alpha value is -1.27. The molecule has 2 aliphatic rings. The van der Waals surface area contributed by atoms with Crippen LogP contribution in [0.5, 0.6) is 0 Å². The van der Waals surface area contributed by atoms with E-state index >= 15 is 0 Å². The SMILES string of the molecule is CCC[SiH2]CC(C1C=Cc2ccccc21)C1C=Cc2ccccc21.[LiH]. The summed E-state index contributed by atoms with van der Waals surface area (Å²) in [6.45, 7) is 2.33. The van der Waals surface area contributed by atoms with E-state index in [1.54, 1.807) is 11.1 Å². The fraction of sp³-hybridized carbons (Fsp3) is 0.304. The third-order valence-corrected chi connectivity index (χ3v) is 8.02. The summed E-state index contributed by atoms with van der Waals surface area (Å²) in [4.78, 5) is 0. The second kappa shape index (κ2) is 8.41. The molecule has 0 heterocycles. The average Bonchev–Trinajstić information content (AvgIpc) is 3.24. The molecule has 0 aliphatic heterocycles. The molecule has 0 aromatic heterocycles. The summed E-state index contributed by atoms with van der Waals surface area (Å²) in [5, 5.41) is 0. The van der Waals surface area contributed by atoms with E-state index in [-0.39, 0.29) is 28.4 Å². The Balaban J connectivity index is 0.00000182. The molecule has 124 valence electrons. The van der Waals surface area contributed by atoms with E-state index in [1.165, 1.54) is 29.6 Å². The summed E-state index contributed by atoms with van der Waals surface area (Å²) < 4.78 is 0. The van der Waals surface area contributed by atoms with E-state index in [9.17, 15) is 0 Å². The summed E-state index contributed by atoms with van der Waals surface area (Å²) >= 11 is 0. The van der Waals surface area contributed by atoms with Crippen LogP contribution in [0.25, 0.3) is 12.2 Å². The van der Waals surface area contributed by atoms with Crippen LogP contribution in [-0.4, -0.2) is 28.4 Å². The summed E-state index contributed by atoms with van der Waals surface area (Å²) in [6, 6.07) is 20.9. The maximum atomic E-state index is 2.48. The zero-order chi connectivity index (χ0) is 16.4. The van der Waals surface area contributed by atoms with Gasteiger partial charge in [0, 0.05) is 21.4 Å². The first-order chi connectivity index (χ1) is 11.9. The number of fused-ring (bicyclic) bond motifs is 2. The Morgan fingerprint density at radius 3 is 1.88 bits per heavy atom. The molecular weight excluding hydrogens is 311 g/mol. The van der Waals surface area contributed by atoms with Crippen LogP contribution >= 0.6 is 0 Å². The minimum atomic E-state index is 0. The molecule has 0 bridgehead atoms. The topological polar surface area (TPSA) is 0 Å². The number of benzene rings is 2. The fourth-order valence-electron chi connectivity index (χ4n) is 4.51. The maximum absolute atomic E-state index is 2.48. The molecule has 2 aliphatic carbocycles. The standard InChI is InChI=1S/C23H26Si.Li.H/c1-2-15-24-16-23(21-13-11-17-7-3-5-9-19(17)21)22-14-12-18-8-4-6-10-20(18)22;;/h3-14,21-23H,2,15-16,24H2,1H3;;. The van der Waals surface area contributed by atoms with E-state index < -0.39 is 0 Å². The zero-order valence-electron chi connectivity index (χ0n) is 14.5. The van der Waals surface area contributed by atoms with Crippen LogP contribution < -0.4 is 0 Å². The second-order valence-corrected chi connectivity index (χ2v) is 9.18. The summed E-state index contributed by atoms with van der Waals surface area (Å²) in [5.74, 6) is 1.90. The van der Waals surface area contributed by atoms with Crippen molar-refractivity contribution < 1.29 is 0 Å². The first-order valence-corrected chi connectivity index (χ1v) is 11.4. The van der Waals surface area contributed by atoms with E-state index in [2.05, 4.69) is 79.8 Å². The molecule has 0 fully saturated rings. The van der Waals surface area contributed by atoms with Gasteiger partial charge in [0.05, 0.1) is 0 Å². The molecule has 0 spiro atoms. The molecule has 0 amide bonds. The van der Waals surface area contributed by atoms with Crippen LogP contribution in [0.3, 0.4) is 0 Å².